The number of benzene rings is 3. The molecule has 3 amide bonds. The van der Waals surface area contributed by atoms with E-state index in [1.807, 2.05) is 77.0 Å². The summed E-state index contributed by atoms with van der Waals surface area (Å²) in [7, 11) is 0. The summed E-state index contributed by atoms with van der Waals surface area (Å²) in [5, 5.41) is 29.3. The zero-order valence-electron chi connectivity index (χ0n) is 73.2. The molecule has 3 saturated heterocycles. The summed E-state index contributed by atoms with van der Waals surface area (Å²) >= 11 is 76.1. The Morgan fingerprint density at radius 2 is 0.600 bits per heavy atom. The Balaban J connectivity index is 0.000000171. The van der Waals surface area contributed by atoms with Gasteiger partial charge in [-0.3, -0.25) is 57.4 Å². The van der Waals surface area contributed by atoms with Gasteiger partial charge in [-0.1, -0.05) is 200 Å². The first-order valence-electron chi connectivity index (χ1n) is 41.3. The molecule has 0 saturated carbocycles. The molecule has 0 radical (unpaired) electrons. The van der Waals surface area contributed by atoms with Crippen LogP contribution in [0.5, 0.6) is 0 Å². The number of anilines is 6. The van der Waals surface area contributed by atoms with Gasteiger partial charge in [0, 0.05) is 113 Å². The van der Waals surface area contributed by atoms with Crippen LogP contribution in [0.4, 0.5) is 47.3 Å². The molecular weight excluding hydrogens is 1990 g/mol. The maximum atomic E-state index is 15.7. The van der Waals surface area contributed by atoms with Crippen LogP contribution in [0.15, 0.2) is 107 Å². The average Bonchev–Trinajstić information content (AvgIpc) is 0.728. The lowest BCUT2D eigenvalue weighted by Crippen LogP contribution is -2.49. The molecule has 3 aliphatic heterocycles. The molecule has 9 aromatic heterocycles. The number of piperazine rings is 3. The van der Waals surface area contributed by atoms with Gasteiger partial charge < -0.3 is 46.6 Å². The molecule has 0 atom stereocenters. The maximum Gasteiger partial charge on any atom is 0.276 e. The van der Waals surface area contributed by atoms with Crippen LogP contribution in [0.3, 0.4) is 0 Å². The Morgan fingerprint density at radius 1 is 0.378 bits per heavy atom. The van der Waals surface area contributed by atoms with Crippen molar-refractivity contribution in [3.05, 3.63) is 252 Å². The summed E-state index contributed by atoms with van der Waals surface area (Å²) in [6.45, 7) is 31.4. The number of carbonyl (C=O) groups excluding carboxylic acids is 3. The van der Waals surface area contributed by atoms with E-state index >= 15 is 13.2 Å². The summed E-state index contributed by atoms with van der Waals surface area (Å²) in [5.74, 6) is -4.05. The molecule has 12 heterocycles. The third-order valence-electron chi connectivity index (χ3n) is 23.2. The van der Waals surface area contributed by atoms with Gasteiger partial charge in [0.25, 0.3) is 16.7 Å². The lowest BCUT2D eigenvalue weighted by molar-refractivity contribution is -0.127. The Bertz CT molecular complexity index is 6640. The molecule has 0 spiro atoms. The van der Waals surface area contributed by atoms with E-state index in [9.17, 15) is 44.6 Å². The Labute approximate surface area is 830 Å². The van der Waals surface area contributed by atoms with E-state index in [4.69, 9.17) is 171 Å². The number of pyridine rings is 9. The lowest BCUT2D eigenvalue weighted by atomic mass is 10.0. The van der Waals surface area contributed by atoms with Crippen LogP contribution < -0.4 is 48.6 Å². The van der Waals surface area contributed by atoms with E-state index in [1.165, 1.54) is 50.1 Å². The molecule has 135 heavy (non-hydrogen) atoms. The number of rotatable bonds is 15. The number of aromatic nitrogens is 9. The fraction of sp³-hybridized carbons (Fsp3) is 0.258. The van der Waals surface area contributed by atoms with Crippen LogP contribution in [0.1, 0.15) is 110 Å². The predicted molar refractivity (Wildman–Crippen MR) is 533 cm³/mol. The minimum absolute atomic E-state index is 0.0506. The van der Waals surface area contributed by atoms with Gasteiger partial charge in [-0.15, -0.1) is 0 Å². The molecular formula is C93H78Cl12F3N21O6. The van der Waals surface area contributed by atoms with Crippen LogP contribution in [0.2, 0.25) is 60.3 Å². The number of nitrogens with two attached hydrogens (primary N) is 3. The molecule has 3 aliphatic rings. The van der Waals surface area contributed by atoms with Crippen molar-refractivity contribution in [2.24, 2.45) is 0 Å². The van der Waals surface area contributed by atoms with Gasteiger partial charge in [-0.25, -0.2) is 28.1 Å². The second kappa shape index (κ2) is 40.7. The highest BCUT2D eigenvalue weighted by Crippen LogP contribution is 2.52. The fourth-order valence-electron chi connectivity index (χ4n) is 16.6. The van der Waals surface area contributed by atoms with Crippen LogP contribution in [-0.2, 0) is 14.4 Å². The number of nitrogen functional groups attached to an aromatic ring is 3. The Kier molecular flexibility index (Phi) is 30.4. The fourth-order valence-corrected chi connectivity index (χ4v) is 19.1. The minimum Gasteiger partial charge on any atom is -0.397 e. The van der Waals surface area contributed by atoms with Gasteiger partial charge in [0.1, 0.15) is 51.8 Å². The number of nitriles is 3. The zero-order chi connectivity index (χ0) is 98.7. The Morgan fingerprint density at radius 3 is 0.800 bits per heavy atom. The maximum absolute atomic E-state index is 15.7. The van der Waals surface area contributed by atoms with Gasteiger partial charge in [-0.05, 0) is 110 Å². The molecule has 696 valence electrons. The van der Waals surface area contributed by atoms with Crippen LogP contribution in [0.25, 0.3) is 83.9 Å². The smallest absolute Gasteiger partial charge is 0.276 e. The number of carbonyl (C=O) groups is 3. The third-order valence-corrected chi connectivity index (χ3v) is 28.0. The van der Waals surface area contributed by atoms with E-state index < -0.39 is 49.2 Å². The van der Waals surface area contributed by atoms with Gasteiger partial charge in [0.15, 0.2) is 17.5 Å². The third kappa shape index (κ3) is 18.2. The lowest BCUT2D eigenvalue weighted by Gasteiger charge is -2.36. The molecule has 0 bridgehead atoms. The first kappa shape index (κ1) is 101. The molecule has 0 unspecified atom stereocenters. The van der Waals surface area contributed by atoms with E-state index in [-0.39, 0.29) is 182 Å². The number of hydrogen-bond donors (Lipinski definition) is 3. The number of amides is 3. The largest absolute Gasteiger partial charge is 0.397 e. The molecule has 0 aliphatic carbocycles. The standard InChI is InChI=1S/3C31H26Cl4FN7O2/c3*1-5-19(44)41-8-10-42(11-9-41)29-16-12-18(32)27(20-24(36)22(34)21(33)23(35)25(20)38)40-30(16)43(31(45)17(29)13-37)28-15(4)6-7-39-26(28)14(2)3/h3*5-7,12,14H,1,8-11,38H2,2-4H3. The molecule has 3 aromatic carbocycles. The number of halogens is 15. The van der Waals surface area contributed by atoms with Gasteiger partial charge in [0.2, 0.25) is 17.7 Å². The summed E-state index contributed by atoms with van der Waals surface area (Å²) in [5.41, 5.74) is 20.3. The Hall–Kier alpha value is -11.6. The molecule has 42 heteroatoms. The van der Waals surface area contributed by atoms with E-state index in [1.54, 1.807) is 51.5 Å². The quantitative estimate of drug-likeness (QED) is 0.0371. The van der Waals surface area contributed by atoms with Crippen molar-refractivity contribution < 1.29 is 27.6 Å². The summed E-state index contributed by atoms with van der Waals surface area (Å²) < 4.78 is 51.0. The molecule has 12 aromatic rings. The van der Waals surface area contributed by atoms with Crippen molar-refractivity contribution in [2.45, 2.75) is 80.1 Å². The van der Waals surface area contributed by atoms with Crippen molar-refractivity contribution >= 4 is 224 Å². The normalized spacial score (nSPS) is 13.4. The van der Waals surface area contributed by atoms with Crippen molar-refractivity contribution in [3.63, 3.8) is 0 Å². The highest BCUT2D eigenvalue weighted by molar-refractivity contribution is 6.52. The minimum atomic E-state index is -0.997. The molecule has 15 rings (SSSR count). The predicted octanol–water partition coefficient (Wildman–Crippen LogP) is 20.8. The van der Waals surface area contributed by atoms with E-state index in [0.29, 0.717) is 146 Å². The number of nitrogens with zero attached hydrogens (tertiary/aromatic N) is 18. The topological polar surface area (TPSA) is 363 Å². The summed E-state index contributed by atoms with van der Waals surface area (Å²) in [4.78, 5) is 118. The van der Waals surface area contributed by atoms with Crippen molar-refractivity contribution in [2.75, 3.05) is 110 Å². The first-order valence-corrected chi connectivity index (χ1v) is 45.8. The van der Waals surface area contributed by atoms with E-state index in [2.05, 4.69) is 52.9 Å². The van der Waals surface area contributed by atoms with Gasteiger partial charge in [0.05, 0.1) is 162 Å². The van der Waals surface area contributed by atoms with Gasteiger partial charge >= 0.3 is 0 Å². The van der Waals surface area contributed by atoms with Crippen LogP contribution in [0, 0.1) is 72.2 Å². The summed E-state index contributed by atoms with van der Waals surface area (Å²) in [6.07, 6.45) is 8.61. The molecule has 27 nitrogen and oxygen atoms in total. The van der Waals surface area contributed by atoms with Crippen molar-refractivity contribution in [3.8, 4) is 69.0 Å². The molecule has 6 N–H and O–H groups in total. The second-order valence-corrected chi connectivity index (χ2v) is 36.9. The van der Waals surface area contributed by atoms with Crippen molar-refractivity contribution in [1.82, 2.24) is 58.3 Å². The number of aryl methyl sites for hydroxylation is 3. The highest BCUT2D eigenvalue weighted by atomic mass is 35.5. The molecule has 3 fully saturated rings. The first-order chi connectivity index (χ1) is 64.0. The van der Waals surface area contributed by atoms with Crippen molar-refractivity contribution in [1.29, 1.82) is 15.8 Å². The SMILES string of the molecule is C=CC(=O)N1CCN(c2c(C#N)c(=O)n(-c3c(C)ccnc3C(C)C)c3nc(-c4c(N)c(Cl)c(Cl)c(Cl)c4F)c(Cl)cc23)CC1.C=CC(=O)N1CCN(c2c(C#N)c(=O)n(-c3c(C)ccnc3C(C)C)c3nc(-c4c(N)c(Cl)c(Cl)c(Cl)c4F)c(Cl)cc23)CC1.C=CC(=O)N1CCN(c2c(C#N)c(=O)n(-c3c(C)ccnc3C(C)C)c3nc(-c4c(N)c(Cl)c(Cl)c(Cl)c4F)c(Cl)cc23)CC1. The van der Waals surface area contributed by atoms with Crippen LogP contribution >= 0.6 is 139 Å². The van der Waals surface area contributed by atoms with Crippen LogP contribution in [-0.4, -0.2) is 155 Å². The zero-order valence-corrected chi connectivity index (χ0v) is 82.2. The second-order valence-electron chi connectivity index (χ2n) is 32.2. The average molecular weight is 2070 g/mol. The van der Waals surface area contributed by atoms with Gasteiger partial charge in [-0.2, -0.15) is 15.8 Å². The number of hydrogen-bond acceptors (Lipinski definition) is 21. The summed E-state index contributed by atoms with van der Waals surface area (Å²) in [6, 6.07) is 16.0. The van der Waals surface area contributed by atoms with E-state index in [0.717, 1.165) is 0 Å². The number of fused-ring (bicyclic) bond motifs is 3. The monoisotopic (exact) mass is 2060 g/mol. The highest BCUT2D eigenvalue weighted by Gasteiger charge is 2.38.